The van der Waals surface area contributed by atoms with Gasteiger partial charge in [-0.2, -0.15) is 8.42 Å². The Morgan fingerprint density at radius 1 is 1.18 bits per heavy atom. The van der Waals surface area contributed by atoms with E-state index in [4.69, 9.17) is 20.8 Å². The third-order valence-corrected chi connectivity index (χ3v) is 8.35. The maximum atomic E-state index is 11.6. The zero-order valence-corrected chi connectivity index (χ0v) is 20.4. The topological polar surface area (TPSA) is 99.2 Å². The number of benzene rings is 1. The fourth-order valence-corrected chi connectivity index (χ4v) is 5.54. The van der Waals surface area contributed by atoms with Crippen LogP contribution >= 0.6 is 11.6 Å². The highest BCUT2D eigenvalue weighted by Gasteiger charge is 2.40. The second-order valence-corrected chi connectivity index (χ2v) is 11.3. The van der Waals surface area contributed by atoms with Gasteiger partial charge in [-0.25, -0.2) is 3.89 Å². The van der Waals surface area contributed by atoms with Crippen LogP contribution in [0.3, 0.4) is 0 Å². The molecule has 4 heterocycles. The summed E-state index contributed by atoms with van der Waals surface area (Å²) >= 11 is 6.60. The molecule has 9 nitrogen and oxygen atoms in total. The van der Waals surface area contributed by atoms with E-state index in [-0.39, 0.29) is 16.1 Å². The van der Waals surface area contributed by atoms with Gasteiger partial charge in [0.05, 0.1) is 36.2 Å². The summed E-state index contributed by atoms with van der Waals surface area (Å²) in [6, 6.07) is 5.67. The third-order valence-electron chi connectivity index (χ3n) is 6.92. The lowest BCUT2D eigenvalue weighted by molar-refractivity contribution is -0.790. The summed E-state index contributed by atoms with van der Waals surface area (Å²) < 4.78 is 37.0. The standard InChI is InChI=1S/C22H29ClN5O4S/c1-28(2,33(29)30)19-7-6-18(24-19)22-26-25-21(32-22)16-13-27(12-14-8-10-31-11-9-14)20-15(16)4-3-5-17(20)23/h3-5,13-14,18-19,24,33H,6-12H2,1-2H3/q+1/t18?,19-/m1/s1. The number of halogens is 1. The van der Waals surface area contributed by atoms with Gasteiger partial charge in [0.2, 0.25) is 11.8 Å². The van der Waals surface area contributed by atoms with Crippen LogP contribution in [0.1, 0.15) is 37.6 Å². The van der Waals surface area contributed by atoms with E-state index in [1.165, 1.54) is 0 Å². The van der Waals surface area contributed by atoms with Gasteiger partial charge >= 0.3 is 0 Å². The molecular formula is C22H29ClN5O4S+. The van der Waals surface area contributed by atoms with E-state index in [1.807, 2.05) is 18.2 Å². The Bertz CT molecular complexity index is 1220. The van der Waals surface area contributed by atoms with Gasteiger partial charge in [0.25, 0.3) is 10.9 Å². The van der Waals surface area contributed by atoms with Crippen LogP contribution in [0.2, 0.25) is 5.02 Å². The summed E-state index contributed by atoms with van der Waals surface area (Å²) in [6.07, 6.45) is 5.33. The van der Waals surface area contributed by atoms with Crippen molar-refractivity contribution in [3.8, 4) is 11.5 Å². The Labute approximate surface area is 199 Å². The molecule has 2 aliphatic heterocycles. The van der Waals surface area contributed by atoms with Gasteiger partial charge < -0.3 is 13.7 Å². The number of nitrogens with one attached hydrogen (secondary N) is 1. The second-order valence-electron chi connectivity index (χ2n) is 9.36. The molecule has 0 bridgehead atoms. The van der Waals surface area contributed by atoms with Crippen molar-refractivity contribution in [3.05, 3.63) is 35.3 Å². The van der Waals surface area contributed by atoms with Crippen molar-refractivity contribution >= 4 is 33.4 Å². The predicted octanol–water partition coefficient (Wildman–Crippen LogP) is 3.12. The lowest BCUT2D eigenvalue weighted by Gasteiger charge is -2.28. The number of thiol groups is 1. The van der Waals surface area contributed by atoms with E-state index in [1.54, 1.807) is 14.1 Å². The SMILES string of the molecule is C[N+](C)([C@@H]1CCC(c2nnc(-c3cn(CC4CCOCC4)c4c(Cl)cccc34)o2)N1)[SH](=O)=O. The number of ether oxygens (including phenoxy) is 1. The summed E-state index contributed by atoms with van der Waals surface area (Å²) in [6.45, 7) is 2.45. The van der Waals surface area contributed by atoms with E-state index in [2.05, 4.69) is 26.3 Å². The van der Waals surface area contributed by atoms with Gasteiger partial charge in [-0.1, -0.05) is 23.7 Å². The molecule has 2 aliphatic rings. The van der Waals surface area contributed by atoms with Crippen LogP contribution in [0.4, 0.5) is 0 Å². The molecule has 2 saturated heterocycles. The van der Waals surface area contributed by atoms with Gasteiger partial charge in [-0.05, 0) is 31.2 Å². The van der Waals surface area contributed by atoms with Crippen molar-refractivity contribution in [3.63, 3.8) is 0 Å². The summed E-state index contributed by atoms with van der Waals surface area (Å²) in [4.78, 5) is 0. The molecule has 2 fully saturated rings. The van der Waals surface area contributed by atoms with Crippen LogP contribution in [0.25, 0.3) is 22.4 Å². The molecule has 5 rings (SSSR count). The average Bonchev–Trinajstić information content (AvgIpc) is 3.53. The van der Waals surface area contributed by atoms with Crippen molar-refractivity contribution < 1.29 is 21.5 Å². The highest BCUT2D eigenvalue weighted by molar-refractivity contribution is 7.66. The van der Waals surface area contributed by atoms with Gasteiger partial charge in [-0.15, -0.1) is 10.2 Å². The van der Waals surface area contributed by atoms with Crippen molar-refractivity contribution in [2.45, 2.75) is 44.4 Å². The zero-order chi connectivity index (χ0) is 23.2. The van der Waals surface area contributed by atoms with E-state index in [0.717, 1.165) is 55.5 Å². The highest BCUT2D eigenvalue weighted by Crippen LogP contribution is 2.37. The molecule has 0 saturated carbocycles. The van der Waals surface area contributed by atoms with Crippen molar-refractivity contribution in [2.75, 3.05) is 27.3 Å². The van der Waals surface area contributed by atoms with Crippen LogP contribution in [0.15, 0.2) is 28.8 Å². The van der Waals surface area contributed by atoms with Gasteiger partial charge in [-0.3, -0.25) is 5.32 Å². The summed E-state index contributed by atoms with van der Waals surface area (Å²) in [5.41, 5.74) is 1.82. The first-order chi connectivity index (χ1) is 15.8. The van der Waals surface area contributed by atoms with Crippen LogP contribution < -0.4 is 5.32 Å². The molecule has 1 aromatic carbocycles. The van der Waals surface area contributed by atoms with Gasteiger partial charge in [0.15, 0.2) is 6.17 Å². The number of hydrogen-bond donors (Lipinski definition) is 2. The smallest absolute Gasteiger partial charge is 0.287 e. The Kier molecular flexibility index (Phi) is 6.21. The number of nitrogens with zero attached hydrogens (tertiary/aromatic N) is 4. The molecule has 1 unspecified atom stereocenters. The lowest BCUT2D eigenvalue weighted by atomic mass is 10.0. The highest BCUT2D eigenvalue weighted by atomic mass is 35.5. The molecule has 178 valence electrons. The third kappa shape index (κ3) is 4.30. The number of hydrogen-bond acceptors (Lipinski definition) is 7. The second kappa shape index (κ2) is 8.99. The Morgan fingerprint density at radius 2 is 1.97 bits per heavy atom. The molecule has 33 heavy (non-hydrogen) atoms. The first kappa shape index (κ1) is 22.8. The fourth-order valence-electron chi connectivity index (χ4n) is 4.85. The monoisotopic (exact) mass is 494 g/mol. The number of para-hydroxylation sites is 1. The summed E-state index contributed by atoms with van der Waals surface area (Å²) in [5, 5.41) is 13.7. The first-order valence-electron chi connectivity index (χ1n) is 11.3. The van der Waals surface area contributed by atoms with Crippen LogP contribution in [-0.2, 0) is 22.2 Å². The molecule has 2 atom stereocenters. The zero-order valence-electron chi connectivity index (χ0n) is 18.7. The number of rotatable bonds is 6. The Morgan fingerprint density at radius 3 is 2.73 bits per heavy atom. The van der Waals surface area contributed by atoms with Gasteiger partial charge in [0.1, 0.15) is 0 Å². The quantitative estimate of drug-likeness (QED) is 0.401. The maximum absolute atomic E-state index is 11.6. The minimum atomic E-state index is -2.62. The molecule has 0 radical (unpaired) electrons. The fraction of sp³-hybridized carbons (Fsp3) is 0.545. The van der Waals surface area contributed by atoms with Crippen molar-refractivity contribution in [1.82, 2.24) is 20.1 Å². The van der Waals surface area contributed by atoms with E-state index >= 15 is 0 Å². The average molecular weight is 495 g/mol. The number of aromatic nitrogens is 3. The van der Waals surface area contributed by atoms with Crippen LogP contribution in [0, 0.1) is 5.92 Å². The van der Waals surface area contributed by atoms with Gasteiger partial charge in [0, 0.05) is 37.8 Å². The number of quaternary nitrogens is 1. The minimum Gasteiger partial charge on any atom is -0.419 e. The van der Waals surface area contributed by atoms with Crippen LogP contribution in [-0.4, -0.2) is 60.5 Å². The Hall–Kier alpha value is -1.98. The number of fused-ring (bicyclic) bond motifs is 1. The molecule has 0 amide bonds. The van der Waals surface area contributed by atoms with E-state index in [0.29, 0.717) is 29.1 Å². The van der Waals surface area contributed by atoms with Crippen molar-refractivity contribution in [1.29, 1.82) is 0 Å². The first-order valence-corrected chi connectivity index (χ1v) is 12.8. The molecule has 0 spiro atoms. The minimum absolute atomic E-state index is 0.120. The van der Waals surface area contributed by atoms with Crippen molar-refractivity contribution in [2.24, 2.45) is 5.92 Å². The predicted molar refractivity (Wildman–Crippen MR) is 125 cm³/mol. The molecule has 11 heteroatoms. The van der Waals surface area contributed by atoms with E-state index in [9.17, 15) is 8.42 Å². The lowest BCUT2D eigenvalue weighted by Crippen LogP contribution is -2.52. The molecule has 2 aromatic heterocycles. The van der Waals surface area contributed by atoms with Crippen LogP contribution in [0.5, 0.6) is 0 Å². The summed E-state index contributed by atoms with van der Waals surface area (Å²) in [5.74, 6) is 1.45. The molecule has 0 aliphatic carbocycles. The molecular weight excluding hydrogens is 466 g/mol. The largest absolute Gasteiger partial charge is 0.419 e. The molecule has 1 N–H and O–H groups in total. The maximum Gasteiger partial charge on any atom is 0.287 e. The Balaban J connectivity index is 1.43. The van der Waals surface area contributed by atoms with E-state index < -0.39 is 10.9 Å². The molecule has 3 aromatic rings. The summed E-state index contributed by atoms with van der Waals surface area (Å²) in [7, 11) is 0.749. The normalized spacial score (nSPS) is 22.5.